The molecule has 0 fully saturated rings. The Kier molecular flexibility index (Phi) is 3.50. The Bertz CT molecular complexity index is 633. The van der Waals surface area contributed by atoms with Gasteiger partial charge in [-0.1, -0.05) is 18.2 Å². The molecule has 0 saturated heterocycles. The van der Waals surface area contributed by atoms with Crippen molar-refractivity contribution in [3.8, 4) is 0 Å². The highest BCUT2D eigenvalue weighted by molar-refractivity contribution is 9.10. The van der Waals surface area contributed by atoms with Gasteiger partial charge in [0, 0.05) is 16.7 Å². The van der Waals surface area contributed by atoms with Gasteiger partial charge in [0.25, 0.3) is 0 Å². The SMILES string of the molecule is Fc1cc(F)c(NC2CSc3ccccc32)cc1Br. The largest absolute Gasteiger partial charge is 0.375 e. The minimum absolute atomic E-state index is 0.0491. The number of rotatable bonds is 2. The third kappa shape index (κ3) is 2.49. The van der Waals surface area contributed by atoms with Crippen LogP contribution >= 0.6 is 27.7 Å². The summed E-state index contributed by atoms with van der Waals surface area (Å²) in [6, 6.07) is 10.4. The van der Waals surface area contributed by atoms with Crippen molar-refractivity contribution < 1.29 is 8.78 Å². The molecule has 1 atom stereocenters. The number of halogens is 3. The van der Waals surface area contributed by atoms with Gasteiger partial charge in [-0.25, -0.2) is 8.78 Å². The van der Waals surface area contributed by atoms with Crippen LogP contribution in [-0.2, 0) is 0 Å². The molecule has 0 amide bonds. The summed E-state index contributed by atoms with van der Waals surface area (Å²) in [6.45, 7) is 0. The second-order valence-electron chi connectivity index (χ2n) is 4.29. The second kappa shape index (κ2) is 5.13. The molecule has 5 heteroatoms. The summed E-state index contributed by atoms with van der Waals surface area (Å²) in [5.74, 6) is -0.326. The van der Waals surface area contributed by atoms with E-state index >= 15 is 0 Å². The molecule has 0 radical (unpaired) electrons. The minimum atomic E-state index is -0.593. The van der Waals surface area contributed by atoms with Crippen molar-refractivity contribution in [2.45, 2.75) is 10.9 Å². The average Bonchev–Trinajstić information content (AvgIpc) is 2.80. The molecule has 1 nitrogen and oxygen atoms in total. The Morgan fingerprint density at radius 2 is 1.95 bits per heavy atom. The summed E-state index contributed by atoms with van der Waals surface area (Å²) < 4.78 is 27.2. The molecule has 0 bridgehead atoms. The van der Waals surface area contributed by atoms with Crippen LogP contribution in [0.2, 0.25) is 0 Å². The van der Waals surface area contributed by atoms with Gasteiger partial charge < -0.3 is 5.32 Å². The van der Waals surface area contributed by atoms with E-state index in [-0.39, 0.29) is 10.5 Å². The number of nitrogens with one attached hydrogen (secondary N) is 1. The monoisotopic (exact) mass is 341 g/mol. The van der Waals surface area contributed by atoms with Crippen molar-refractivity contribution in [2.75, 3.05) is 11.1 Å². The van der Waals surface area contributed by atoms with Crippen LogP contribution in [0.5, 0.6) is 0 Å². The zero-order chi connectivity index (χ0) is 13.4. The van der Waals surface area contributed by atoms with Gasteiger partial charge in [0.1, 0.15) is 11.6 Å². The number of hydrogen-bond donors (Lipinski definition) is 1. The Balaban J connectivity index is 1.89. The van der Waals surface area contributed by atoms with Crippen molar-refractivity contribution >= 4 is 33.4 Å². The van der Waals surface area contributed by atoms with E-state index in [1.54, 1.807) is 11.8 Å². The predicted molar refractivity (Wildman–Crippen MR) is 77.6 cm³/mol. The molecule has 1 heterocycles. The van der Waals surface area contributed by atoms with Crippen LogP contribution < -0.4 is 5.32 Å². The van der Waals surface area contributed by atoms with Crippen LogP contribution in [0.3, 0.4) is 0 Å². The first-order chi connectivity index (χ1) is 9.15. The van der Waals surface area contributed by atoms with E-state index in [1.807, 2.05) is 18.2 Å². The normalized spacial score (nSPS) is 17.3. The number of hydrogen-bond acceptors (Lipinski definition) is 2. The van der Waals surface area contributed by atoms with E-state index in [1.165, 1.54) is 11.0 Å². The summed E-state index contributed by atoms with van der Waals surface area (Å²) in [5, 5.41) is 3.14. The van der Waals surface area contributed by atoms with Crippen molar-refractivity contribution in [3.63, 3.8) is 0 Å². The van der Waals surface area contributed by atoms with Crippen LogP contribution in [0.25, 0.3) is 0 Å². The van der Waals surface area contributed by atoms with Gasteiger partial charge in [-0.15, -0.1) is 11.8 Å². The van der Waals surface area contributed by atoms with Crippen LogP contribution in [0.15, 0.2) is 45.8 Å². The van der Waals surface area contributed by atoms with Gasteiger partial charge in [-0.2, -0.15) is 0 Å². The predicted octanol–water partition coefficient (Wildman–Crippen LogP) is 4.99. The van der Waals surface area contributed by atoms with Crippen molar-refractivity contribution in [3.05, 3.63) is 58.1 Å². The van der Waals surface area contributed by atoms with E-state index in [0.29, 0.717) is 5.69 Å². The lowest BCUT2D eigenvalue weighted by Gasteiger charge is -2.15. The zero-order valence-electron chi connectivity index (χ0n) is 9.79. The number of thioether (sulfide) groups is 1. The Hall–Kier alpha value is -1.07. The first-order valence-electron chi connectivity index (χ1n) is 5.78. The van der Waals surface area contributed by atoms with Crippen LogP contribution in [0.4, 0.5) is 14.5 Å². The van der Waals surface area contributed by atoms with Crippen LogP contribution in [0, 0.1) is 11.6 Å². The standard InChI is InChI=1S/C14H10BrF2NS/c15-9-5-12(11(17)6-10(9)16)18-13-7-19-14-4-2-1-3-8(13)14/h1-6,13,18H,7H2. The van der Waals surface area contributed by atoms with Gasteiger partial charge in [-0.05, 0) is 33.6 Å². The minimum Gasteiger partial charge on any atom is -0.375 e. The summed E-state index contributed by atoms with van der Waals surface area (Å²) in [7, 11) is 0. The maximum atomic E-state index is 13.7. The molecule has 2 aromatic rings. The van der Waals surface area contributed by atoms with Gasteiger partial charge in [0.15, 0.2) is 0 Å². The molecular weight excluding hydrogens is 332 g/mol. The van der Waals surface area contributed by atoms with Gasteiger partial charge in [0.2, 0.25) is 0 Å². The molecule has 2 aromatic carbocycles. The lowest BCUT2D eigenvalue weighted by Crippen LogP contribution is -2.11. The summed E-state index contributed by atoms with van der Waals surface area (Å²) in [4.78, 5) is 1.21. The molecule has 0 spiro atoms. The van der Waals surface area contributed by atoms with Crippen molar-refractivity contribution in [2.24, 2.45) is 0 Å². The Labute approximate surface area is 122 Å². The van der Waals surface area contributed by atoms with Crippen LogP contribution in [0.1, 0.15) is 11.6 Å². The molecule has 19 heavy (non-hydrogen) atoms. The van der Waals surface area contributed by atoms with E-state index in [4.69, 9.17) is 0 Å². The second-order valence-corrected chi connectivity index (χ2v) is 6.21. The molecule has 1 aliphatic heterocycles. The third-order valence-electron chi connectivity index (χ3n) is 3.04. The van der Waals surface area contributed by atoms with E-state index in [2.05, 4.69) is 27.3 Å². The van der Waals surface area contributed by atoms with E-state index in [0.717, 1.165) is 17.4 Å². The lowest BCUT2D eigenvalue weighted by atomic mass is 10.1. The lowest BCUT2D eigenvalue weighted by molar-refractivity contribution is 0.579. The molecular formula is C14H10BrF2NS. The fourth-order valence-corrected chi connectivity index (χ4v) is 3.61. The van der Waals surface area contributed by atoms with Crippen molar-refractivity contribution in [1.29, 1.82) is 0 Å². The maximum absolute atomic E-state index is 13.7. The highest BCUT2D eigenvalue weighted by Gasteiger charge is 2.23. The van der Waals surface area contributed by atoms with Crippen LogP contribution in [-0.4, -0.2) is 5.75 Å². The molecule has 0 aromatic heterocycles. The summed E-state index contributed by atoms with van der Waals surface area (Å²) in [6.07, 6.45) is 0. The molecule has 1 N–H and O–H groups in total. The Morgan fingerprint density at radius 1 is 1.16 bits per heavy atom. The molecule has 0 aliphatic carbocycles. The number of benzene rings is 2. The average molecular weight is 342 g/mol. The smallest absolute Gasteiger partial charge is 0.149 e. The highest BCUT2D eigenvalue weighted by Crippen LogP contribution is 2.40. The third-order valence-corrected chi connectivity index (χ3v) is 4.83. The van der Waals surface area contributed by atoms with Gasteiger partial charge in [0.05, 0.1) is 16.2 Å². The number of anilines is 1. The Morgan fingerprint density at radius 3 is 2.79 bits per heavy atom. The van der Waals surface area contributed by atoms with Gasteiger partial charge >= 0.3 is 0 Å². The topological polar surface area (TPSA) is 12.0 Å². The van der Waals surface area contributed by atoms with E-state index in [9.17, 15) is 8.78 Å². The molecule has 1 aliphatic rings. The molecule has 98 valence electrons. The first kappa shape index (κ1) is 12.9. The maximum Gasteiger partial charge on any atom is 0.149 e. The van der Waals surface area contributed by atoms with Gasteiger partial charge in [-0.3, -0.25) is 0 Å². The fourth-order valence-electron chi connectivity index (χ4n) is 2.10. The molecule has 0 saturated carbocycles. The molecule has 1 unspecified atom stereocenters. The summed E-state index contributed by atoms with van der Waals surface area (Å²) >= 11 is 4.81. The van der Waals surface area contributed by atoms with E-state index < -0.39 is 11.6 Å². The highest BCUT2D eigenvalue weighted by atomic mass is 79.9. The first-order valence-corrected chi connectivity index (χ1v) is 7.56. The number of fused-ring (bicyclic) bond motifs is 1. The molecule has 3 rings (SSSR count). The fraction of sp³-hybridized carbons (Fsp3) is 0.143. The zero-order valence-corrected chi connectivity index (χ0v) is 12.2. The van der Waals surface area contributed by atoms with Crippen molar-refractivity contribution in [1.82, 2.24) is 0 Å². The summed E-state index contributed by atoms with van der Waals surface area (Å²) in [5.41, 5.74) is 1.47. The quantitative estimate of drug-likeness (QED) is 0.772.